The first-order chi connectivity index (χ1) is 10.2. The lowest BCUT2D eigenvalue weighted by atomic mass is 10.0. The first-order valence-corrected chi connectivity index (χ1v) is 8.22. The summed E-state index contributed by atoms with van der Waals surface area (Å²) >= 11 is 0. The fraction of sp³-hybridized carbons (Fsp3) is 0.611. The molecule has 1 aromatic carbocycles. The van der Waals surface area contributed by atoms with E-state index in [-0.39, 0.29) is 5.92 Å². The Bertz CT molecular complexity index is 446. The lowest BCUT2D eigenvalue weighted by Gasteiger charge is -2.42. The van der Waals surface area contributed by atoms with Crippen LogP contribution in [-0.2, 0) is 11.3 Å². The maximum absolute atomic E-state index is 12.5. The average Bonchev–Trinajstić information content (AvgIpc) is 2.54. The highest BCUT2D eigenvalue weighted by Crippen LogP contribution is 2.19. The molecule has 1 aliphatic heterocycles. The molecule has 1 saturated heterocycles. The van der Waals surface area contributed by atoms with E-state index < -0.39 is 0 Å². The first-order valence-electron chi connectivity index (χ1n) is 8.22. The van der Waals surface area contributed by atoms with Gasteiger partial charge in [-0.15, -0.1) is 0 Å². The van der Waals surface area contributed by atoms with Crippen LogP contribution in [0.5, 0.6) is 0 Å². The third-order valence-corrected chi connectivity index (χ3v) is 4.60. The molecule has 1 aliphatic rings. The van der Waals surface area contributed by atoms with E-state index in [9.17, 15) is 4.79 Å². The standard InChI is InChI=1S/C18H28N2O/c1-4-15(3)18(21)20-12-11-19(14-17(20)5-2)13-16-9-7-6-8-10-16/h6-10,15,17H,4-5,11-14H2,1-3H3. The molecular weight excluding hydrogens is 260 g/mol. The van der Waals surface area contributed by atoms with Crippen LogP contribution in [0.25, 0.3) is 0 Å². The van der Waals surface area contributed by atoms with Crippen LogP contribution in [0.1, 0.15) is 39.2 Å². The lowest BCUT2D eigenvalue weighted by molar-refractivity contribution is -0.140. The third-order valence-electron chi connectivity index (χ3n) is 4.60. The summed E-state index contributed by atoms with van der Waals surface area (Å²) in [5.74, 6) is 0.489. The molecule has 0 aromatic heterocycles. The zero-order valence-electron chi connectivity index (χ0n) is 13.6. The van der Waals surface area contributed by atoms with Crippen molar-refractivity contribution in [2.75, 3.05) is 19.6 Å². The fourth-order valence-electron chi connectivity index (χ4n) is 3.00. The molecule has 0 saturated carbocycles. The van der Waals surface area contributed by atoms with E-state index in [1.54, 1.807) is 0 Å². The summed E-state index contributed by atoms with van der Waals surface area (Å²) in [6, 6.07) is 11.0. The fourth-order valence-corrected chi connectivity index (χ4v) is 3.00. The summed E-state index contributed by atoms with van der Waals surface area (Å²) in [6.45, 7) is 10.2. The smallest absolute Gasteiger partial charge is 0.225 e. The largest absolute Gasteiger partial charge is 0.337 e. The van der Waals surface area contributed by atoms with Crippen molar-refractivity contribution >= 4 is 5.91 Å². The SMILES string of the molecule is CCC(C)C(=O)N1CCN(Cc2ccccc2)CC1CC. The van der Waals surface area contributed by atoms with E-state index in [0.29, 0.717) is 11.9 Å². The van der Waals surface area contributed by atoms with Crippen molar-refractivity contribution in [2.45, 2.75) is 46.2 Å². The summed E-state index contributed by atoms with van der Waals surface area (Å²) in [4.78, 5) is 17.1. The number of carbonyl (C=O) groups excluding carboxylic acids is 1. The van der Waals surface area contributed by atoms with Gasteiger partial charge >= 0.3 is 0 Å². The van der Waals surface area contributed by atoms with Crippen LogP contribution >= 0.6 is 0 Å². The van der Waals surface area contributed by atoms with Crippen molar-refractivity contribution in [1.82, 2.24) is 9.80 Å². The van der Waals surface area contributed by atoms with Crippen LogP contribution in [0.3, 0.4) is 0 Å². The molecule has 0 spiro atoms. The number of nitrogens with zero attached hydrogens (tertiary/aromatic N) is 2. The van der Waals surface area contributed by atoms with Crippen molar-refractivity contribution in [1.29, 1.82) is 0 Å². The van der Waals surface area contributed by atoms with Gasteiger partial charge in [-0.05, 0) is 18.4 Å². The molecule has 3 nitrogen and oxygen atoms in total. The molecule has 2 atom stereocenters. The second-order valence-electron chi connectivity index (χ2n) is 6.12. The van der Waals surface area contributed by atoms with E-state index in [4.69, 9.17) is 0 Å². The van der Waals surface area contributed by atoms with E-state index in [1.807, 2.05) is 6.92 Å². The molecule has 2 unspecified atom stereocenters. The van der Waals surface area contributed by atoms with Crippen LogP contribution < -0.4 is 0 Å². The molecule has 2 rings (SSSR count). The Morgan fingerprint density at radius 3 is 2.57 bits per heavy atom. The molecule has 0 bridgehead atoms. The minimum atomic E-state index is 0.153. The van der Waals surface area contributed by atoms with Crippen LogP contribution in [-0.4, -0.2) is 41.4 Å². The highest BCUT2D eigenvalue weighted by molar-refractivity contribution is 5.78. The number of amides is 1. The van der Waals surface area contributed by atoms with E-state index in [0.717, 1.165) is 39.0 Å². The van der Waals surface area contributed by atoms with Crippen molar-refractivity contribution in [3.8, 4) is 0 Å². The van der Waals surface area contributed by atoms with Gasteiger partial charge in [0.1, 0.15) is 0 Å². The maximum Gasteiger partial charge on any atom is 0.225 e. The molecule has 0 aliphatic carbocycles. The first kappa shape index (κ1) is 16.0. The molecule has 0 radical (unpaired) electrons. The molecule has 3 heteroatoms. The summed E-state index contributed by atoms with van der Waals surface area (Å²) in [7, 11) is 0. The van der Waals surface area contributed by atoms with Crippen molar-refractivity contribution in [3.63, 3.8) is 0 Å². The third kappa shape index (κ3) is 4.07. The summed E-state index contributed by atoms with van der Waals surface area (Å²) in [6.07, 6.45) is 1.97. The molecular formula is C18H28N2O. The second kappa shape index (κ2) is 7.60. The van der Waals surface area contributed by atoms with Gasteiger partial charge in [0, 0.05) is 38.1 Å². The number of piperazine rings is 1. The normalized spacial score (nSPS) is 21.3. The molecule has 1 fully saturated rings. The van der Waals surface area contributed by atoms with Crippen molar-refractivity contribution in [3.05, 3.63) is 35.9 Å². The zero-order valence-corrected chi connectivity index (χ0v) is 13.6. The highest BCUT2D eigenvalue weighted by atomic mass is 16.2. The molecule has 1 aromatic rings. The monoisotopic (exact) mass is 288 g/mol. The number of rotatable bonds is 5. The Morgan fingerprint density at radius 1 is 1.24 bits per heavy atom. The predicted molar refractivity (Wildman–Crippen MR) is 87.0 cm³/mol. The van der Waals surface area contributed by atoms with Gasteiger partial charge in [0.25, 0.3) is 0 Å². The summed E-state index contributed by atoms with van der Waals surface area (Å²) < 4.78 is 0. The number of hydrogen-bond acceptors (Lipinski definition) is 2. The maximum atomic E-state index is 12.5. The molecule has 116 valence electrons. The van der Waals surface area contributed by atoms with Gasteiger partial charge in [-0.3, -0.25) is 9.69 Å². The van der Waals surface area contributed by atoms with Gasteiger partial charge < -0.3 is 4.90 Å². The van der Waals surface area contributed by atoms with Gasteiger partial charge in [0.15, 0.2) is 0 Å². The highest BCUT2D eigenvalue weighted by Gasteiger charge is 2.30. The van der Waals surface area contributed by atoms with Crippen molar-refractivity contribution in [2.24, 2.45) is 5.92 Å². The minimum absolute atomic E-state index is 0.153. The Morgan fingerprint density at radius 2 is 1.95 bits per heavy atom. The predicted octanol–water partition coefficient (Wildman–Crippen LogP) is 3.16. The van der Waals surface area contributed by atoms with E-state index >= 15 is 0 Å². The summed E-state index contributed by atoms with van der Waals surface area (Å²) in [5, 5.41) is 0. The minimum Gasteiger partial charge on any atom is -0.337 e. The van der Waals surface area contributed by atoms with Crippen LogP contribution in [0.4, 0.5) is 0 Å². The molecule has 1 amide bonds. The Balaban J connectivity index is 1.96. The van der Waals surface area contributed by atoms with Crippen LogP contribution in [0.15, 0.2) is 30.3 Å². The summed E-state index contributed by atoms with van der Waals surface area (Å²) in [5.41, 5.74) is 1.36. The lowest BCUT2D eigenvalue weighted by Crippen LogP contribution is -2.55. The van der Waals surface area contributed by atoms with E-state index in [1.165, 1.54) is 5.56 Å². The van der Waals surface area contributed by atoms with Gasteiger partial charge in [-0.25, -0.2) is 0 Å². The van der Waals surface area contributed by atoms with Crippen molar-refractivity contribution < 1.29 is 4.79 Å². The Labute approximate surface area is 128 Å². The zero-order chi connectivity index (χ0) is 15.2. The number of carbonyl (C=O) groups is 1. The number of benzene rings is 1. The second-order valence-corrected chi connectivity index (χ2v) is 6.12. The van der Waals surface area contributed by atoms with Gasteiger partial charge in [0.05, 0.1) is 0 Å². The Kier molecular flexibility index (Phi) is 5.80. The van der Waals surface area contributed by atoms with Gasteiger partial charge in [-0.1, -0.05) is 51.1 Å². The van der Waals surface area contributed by atoms with Crippen LogP contribution in [0, 0.1) is 5.92 Å². The Hall–Kier alpha value is -1.35. The average molecular weight is 288 g/mol. The molecule has 1 heterocycles. The quantitative estimate of drug-likeness (QED) is 0.831. The number of hydrogen-bond donors (Lipinski definition) is 0. The van der Waals surface area contributed by atoms with Gasteiger partial charge in [-0.2, -0.15) is 0 Å². The van der Waals surface area contributed by atoms with E-state index in [2.05, 4.69) is 54.0 Å². The molecule has 21 heavy (non-hydrogen) atoms. The topological polar surface area (TPSA) is 23.6 Å². The molecule has 0 N–H and O–H groups in total. The van der Waals surface area contributed by atoms with Gasteiger partial charge in [0.2, 0.25) is 5.91 Å². The van der Waals surface area contributed by atoms with Crippen LogP contribution in [0.2, 0.25) is 0 Å².